The highest BCUT2D eigenvalue weighted by atomic mass is 16.2. The summed E-state index contributed by atoms with van der Waals surface area (Å²) in [5.41, 5.74) is 0.454. The topological polar surface area (TPSA) is 63.1 Å². The van der Waals surface area contributed by atoms with E-state index < -0.39 is 0 Å². The summed E-state index contributed by atoms with van der Waals surface area (Å²) >= 11 is 0. The molecule has 2 heterocycles. The molecule has 1 aliphatic rings. The summed E-state index contributed by atoms with van der Waals surface area (Å²) in [6, 6.07) is 0.367. The van der Waals surface area contributed by atoms with Gasteiger partial charge in [0.25, 0.3) is 5.91 Å². The van der Waals surface area contributed by atoms with E-state index in [2.05, 4.69) is 29.5 Å². The Kier molecular flexibility index (Phi) is 5.11. The lowest BCUT2D eigenvalue weighted by molar-refractivity contribution is 0.0783. The molecule has 0 radical (unpaired) electrons. The van der Waals surface area contributed by atoms with Crippen LogP contribution in [0.4, 0.5) is 0 Å². The molecule has 0 bridgehead atoms. The normalized spacial score (nSPS) is 16.6. The highest BCUT2D eigenvalue weighted by molar-refractivity contribution is 5.91. The van der Waals surface area contributed by atoms with E-state index in [1.165, 1.54) is 0 Å². The monoisotopic (exact) mass is 279 g/mol. The van der Waals surface area contributed by atoms with Gasteiger partial charge in [-0.25, -0.2) is 4.68 Å². The number of piperidine rings is 1. The van der Waals surface area contributed by atoms with Crippen LogP contribution < -0.4 is 5.32 Å². The fourth-order valence-electron chi connectivity index (χ4n) is 2.37. The average Bonchev–Trinajstić information content (AvgIpc) is 2.94. The molecule has 0 spiro atoms. The largest absolute Gasteiger partial charge is 0.340 e. The number of carbonyl (C=O) groups is 1. The van der Waals surface area contributed by atoms with Crippen LogP contribution in [-0.4, -0.2) is 52.5 Å². The second-order valence-electron chi connectivity index (χ2n) is 5.97. The zero-order valence-electron chi connectivity index (χ0n) is 12.7. The van der Waals surface area contributed by atoms with Crippen LogP contribution in [0.5, 0.6) is 0 Å². The van der Waals surface area contributed by atoms with Gasteiger partial charge in [0.05, 0.1) is 12.2 Å². The number of aromatic nitrogens is 3. The molecule has 1 aliphatic heterocycles. The van der Waals surface area contributed by atoms with Crippen molar-refractivity contribution in [2.75, 3.05) is 26.7 Å². The van der Waals surface area contributed by atoms with Gasteiger partial charge in [0.2, 0.25) is 0 Å². The molecule has 6 heteroatoms. The van der Waals surface area contributed by atoms with Crippen molar-refractivity contribution in [2.45, 2.75) is 39.2 Å². The number of nitrogens with one attached hydrogen (secondary N) is 1. The number of amides is 1. The van der Waals surface area contributed by atoms with E-state index in [0.717, 1.165) is 38.9 Å². The minimum Gasteiger partial charge on any atom is -0.340 e. The number of rotatable bonds is 5. The smallest absolute Gasteiger partial charge is 0.275 e. The van der Waals surface area contributed by atoms with Gasteiger partial charge in [0, 0.05) is 13.6 Å². The maximum atomic E-state index is 12.3. The lowest BCUT2D eigenvalue weighted by Gasteiger charge is -2.22. The predicted octanol–water partition coefficient (Wildman–Crippen LogP) is 1.32. The van der Waals surface area contributed by atoms with Gasteiger partial charge >= 0.3 is 0 Å². The van der Waals surface area contributed by atoms with Crippen molar-refractivity contribution in [3.05, 3.63) is 11.9 Å². The van der Waals surface area contributed by atoms with Gasteiger partial charge in [-0.15, -0.1) is 5.10 Å². The zero-order chi connectivity index (χ0) is 14.5. The molecule has 0 atom stereocenters. The third-order valence-electron chi connectivity index (χ3n) is 3.80. The summed E-state index contributed by atoms with van der Waals surface area (Å²) in [6.07, 6.45) is 4.88. The molecule has 0 unspecified atom stereocenters. The van der Waals surface area contributed by atoms with Crippen LogP contribution in [0, 0.1) is 5.92 Å². The molecular weight excluding hydrogens is 254 g/mol. The molecule has 0 aromatic carbocycles. The molecule has 1 aromatic rings. The van der Waals surface area contributed by atoms with Crippen LogP contribution in [-0.2, 0) is 0 Å². The molecule has 1 saturated heterocycles. The summed E-state index contributed by atoms with van der Waals surface area (Å²) in [7, 11) is 1.83. The van der Waals surface area contributed by atoms with Crippen LogP contribution in [0.1, 0.15) is 49.6 Å². The lowest BCUT2D eigenvalue weighted by atomic mass is 10.1. The van der Waals surface area contributed by atoms with E-state index in [1.54, 1.807) is 11.1 Å². The van der Waals surface area contributed by atoms with Crippen molar-refractivity contribution in [3.8, 4) is 0 Å². The van der Waals surface area contributed by atoms with Gasteiger partial charge in [0.1, 0.15) is 0 Å². The Balaban J connectivity index is 1.95. The molecule has 6 nitrogen and oxygen atoms in total. The highest BCUT2D eigenvalue weighted by Crippen LogP contribution is 2.17. The zero-order valence-corrected chi connectivity index (χ0v) is 12.7. The number of hydrogen-bond acceptors (Lipinski definition) is 4. The Morgan fingerprint density at radius 2 is 2.20 bits per heavy atom. The van der Waals surface area contributed by atoms with E-state index in [-0.39, 0.29) is 5.91 Å². The van der Waals surface area contributed by atoms with E-state index >= 15 is 0 Å². The molecule has 1 aromatic heterocycles. The Hall–Kier alpha value is -1.43. The second-order valence-corrected chi connectivity index (χ2v) is 5.97. The van der Waals surface area contributed by atoms with Crippen molar-refractivity contribution in [1.29, 1.82) is 0 Å². The summed E-state index contributed by atoms with van der Waals surface area (Å²) < 4.78 is 1.85. The molecule has 1 amide bonds. The van der Waals surface area contributed by atoms with Gasteiger partial charge in [-0.1, -0.05) is 19.1 Å². The summed E-state index contributed by atoms with van der Waals surface area (Å²) in [5.74, 6) is 0.557. The summed E-state index contributed by atoms with van der Waals surface area (Å²) in [6.45, 7) is 7.08. The molecule has 1 N–H and O–H groups in total. The van der Waals surface area contributed by atoms with E-state index in [9.17, 15) is 4.79 Å². The average molecular weight is 279 g/mol. The first kappa shape index (κ1) is 15.0. The lowest BCUT2D eigenvalue weighted by Crippen LogP contribution is -2.30. The molecule has 0 aliphatic carbocycles. The molecule has 20 heavy (non-hydrogen) atoms. The van der Waals surface area contributed by atoms with Gasteiger partial charge in [-0.05, 0) is 38.3 Å². The first-order valence-corrected chi connectivity index (χ1v) is 7.46. The van der Waals surface area contributed by atoms with E-state index in [0.29, 0.717) is 17.7 Å². The molecule has 0 saturated carbocycles. The Labute approximate surface area is 120 Å². The second kappa shape index (κ2) is 6.83. The highest BCUT2D eigenvalue weighted by Gasteiger charge is 2.20. The van der Waals surface area contributed by atoms with Crippen molar-refractivity contribution in [2.24, 2.45) is 5.92 Å². The maximum absolute atomic E-state index is 12.3. The van der Waals surface area contributed by atoms with Crippen LogP contribution in [0.25, 0.3) is 0 Å². The number of nitrogens with zero attached hydrogens (tertiary/aromatic N) is 4. The Morgan fingerprint density at radius 1 is 1.50 bits per heavy atom. The van der Waals surface area contributed by atoms with Crippen LogP contribution >= 0.6 is 0 Å². The fourth-order valence-corrected chi connectivity index (χ4v) is 2.37. The van der Waals surface area contributed by atoms with Gasteiger partial charge < -0.3 is 10.2 Å². The summed E-state index contributed by atoms with van der Waals surface area (Å²) in [4.78, 5) is 14.0. The molecule has 2 rings (SSSR count). The molecule has 1 fully saturated rings. The van der Waals surface area contributed by atoms with Crippen molar-refractivity contribution in [3.63, 3.8) is 0 Å². The minimum absolute atomic E-state index is 0.0363. The van der Waals surface area contributed by atoms with Gasteiger partial charge in [0.15, 0.2) is 5.69 Å². The van der Waals surface area contributed by atoms with E-state index in [1.807, 2.05) is 11.7 Å². The Bertz CT molecular complexity index is 437. The third kappa shape index (κ3) is 3.79. The standard InChI is InChI=1S/C14H25N5O/c1-11(2)6-9-18(3)14(20)13-10-19(17-16-13)12-4-7-15-8-5-12/h10-12,15H,4-9H2,1-3H3. The maximum Gasteiger partial charge on any atom is 0.275 e. The van der Waals surface area contributed by atoms with Crippen molar-refractivity contribution in [1.82, 2.24) is 25.2 Å². The summed E-state index contributed by atoms with van der Waals surface area (Å²) in [5, 5.41) is 11.5. The first-order valence-electron chi connectivity index (χ1n) is 7.46. The minimum atomic E-state index is -0.0363. The fraction of sp³-hybridized carbons (Fsp3) is 0.786. The number of hydrogen-bond donors (Lipinski definition) is 1. The Morgan fingerprint density at radius 3 is 2.85 bits per heavy atom. The quantitative estimate of drug-likeness (QED) is 0.883. The van der Waals surface area contributed by atoms with Gasteiger partial charge in [-0.2, -0.15) is 0 Å². The number of carbonyl (C=O) groups excluding carboxylic acids is 1. The SMILES string of the molecule is CC(C)CCN(C)C(=O)c1cn(C2CCNCC2)nn1. The van der Waals surface area contributed by atoms with E-state index in [4.69, 9.17) is 0 Å². The van der Waals surface area contributed by atoms with Crippen LogP contribution in [0.3, 0.4) is 0 Å². The first-order chi connectivity index (χ1) is 9.58. The molecular formula is C14H25N5O. The predicted molar refractivity (Wildman–Crippen MR) is 77.6 cm³/mol. The van der Waals surface area contributed by atoms with Crippen LogP contribution in [0.15, 0.2) is 6.20 Å². The van der Waals surface area contributed by atoms with Crippen LogP contribution in [0.2, 0.25) is 0 Å². The third-order valence-corrected chi connectivity index (χ3v) is 3.80. The van der Waals surface area contributed by atoms with Crippen molar-refractivity contribution < 1.29 is 4.79 Å². The van der Waals surface area contributed by atoms with Crippen molar-refractivity contribution >= 4 is 5.91 Å². The molecule has 112 valence electrons. The van der Waals surface area contributed by atoms with Gasteiger partial charge in [-0.3, -0.25) is 4.79 Å².